The highest BCUT2D eigenvalue weighted by Crippen LogP contribution is 2.22. The van der Waals surface area contributed by atoms with Crippen LogP contribution in [0.4, 0.5) is 11.4 Å². The molecule has 0 heterocycles. The Balaban J connectivity index is 2.06. The van der Waals surface area contributed by atoms with E-state index in [1.54, 1.807) is 0 Å². The maximum Gasteiger partial charge on any atom is 0.338 e. The molecule has 6 nitrogen and oxygen atoms in total. The second kappa shape index (κ2) is 5.83. The summed E-state index contributed by atoms with van der Waals surface area (Å²) in [6.45, 7) is 0.135. The van der Waals surface area contributed by atoms with Crippen LogP contribution in [0.2, 0.25) is 0 Å². The highest BCUT2D eigenvalue weighted by atomic mass is 16.6. The number of hydrogen-bond donors (Lipinski definition) is 1. The summed E-state index contributed by atoms with van der Waals surface area (Å²) in [5.41, 5.74) is 6.26. The first-order chi connectivity index (χ1) is 9.58. The smallest absolute Gasteiger partial charge is 0.338 e. The van der Waals surface area contributed by atoms with Crippen LogP contribution in [0.5, 0.6) is 0 Å². The quantitative estimate of drug-likeness (QED) is 0.399. The number of carbonyl (C=O) groups is 1. The van der Waals surface area contributed by atoms with Gasteiger partial charge in [-0.2, -0.15) is 0 Å². The van der Waals surface area contributed by atoms with Crippen molar-refractivity contribution in [2.75, 3.05) is 5.73 Å². The summed E-state index contributed by atoms with van der Waals surface area (Å²) in [6.07, 6.45) is 0. The third kappa shape index (κ3) is 3.11. The summed E-state index contributed by atoms with van der Waals surface area (Å²) in [6, 6.07) is 13.0. The topological polar surface area (TPSA) is 95.5 Å². The van der Waals surface area contributed by atoms with Crippen molar-refractivity contribution in [2.45, 2.75) is 6.61 Å². The SMILES string of the molecule is Nc1cc(C(=O)OCc2ccccc2)ccc1[N+](=O)[O-]. The first-order valence-corrected chi connectivity index (χ1v) is 5.83. The third-order valence-corrected chi connectivity index (χ3v) is 2.67. The van der Waals surface area contributed by atoms with Gasteiger partial charge in [-0.25, -0.2) is 4.79 Å². The molecule has 2 aromatic rings. The van der Waals surface area contributed by atoms with E-state index in [-0.39, 0.29) is 23.5 Å². The summed E-state index contributed by atoms with van der Waals surface area (Å²) in [5, 5.41) is 10.6. The number of nitro groups is 1. The third-order valence-electron chi connectivity index (χ3n) is 2.67. The second-order valence-electron chi connectivity index (χ2n) is 4.09. The van der Waals surface area contributed by atoms with Gasteiger partial charge >= 0.3 is 5.97 Å². The van der Waals surface area contributed by atoms with E-state index < -0.39 is 10.9 Å². The Kier molecular flexibility index (Phi) is 3.95. The molecule has 0 aromatic heterocycles. The molecule has 2 aromatic carbocycles. The Morgan fingerprint density at radius 1 is 1.20 bits per heavy atom. The van der Waals surface area contributed by atoms with Gasteiger partial charge in [0.05, 0.1) is 10.5 Å². The van der Waals surface area contributed by atoms with Crippen LogP contribution in [0.3, 0.4) is 0 Å². The van der Waals surface area contributed by atoms with Crippen LogP contribution >= 0.6 is 0 Å². The molecule has 0 atom stereocenters. The molecule has 20 heavy (non-hydrogen) atoms. The largest absolute Gasteiger partial charge is 0.457 e. The van der Waals surface area contributed by atoms with E-state index in [4.69, 9.17) is 10.5 Å². The Hall–Kier alpha value is -2.89. The molecule has 0 unspecified atom stereocenters. The molecule has 0 fully saturated rings. The van der Waals surface area contributed by atoms with Crippen LogP contribution in [0.1, 0.15) is 15.9 Å². The lowest BCUT2D eigenvalue weighted by molar-refractivity contribution is -0.383. The molecule has 0 saturated heterocycles. The number of carbonyl (C=O) groups excluding carboxylic acids is 1. The van der Waals surface area contributed by atoms with Crippen LogP contribution in [0.25, 0.3) is 0 Å². The number of anilines is 1. The molecule has 0 aliphatic rings. The highest BCUT2D eigenvalue weighted by Gasteiger charge is 2.15. The zero-order chi connectivity index (χ0) is 14.5. The lowest BCUT2D eigenvalue weighted by Gasteiger charge is -2.05. The van der Waals surface area contributed by atoms with Crippen molar-refractivity contribution in [1.29, 1.82) is 0 Å². The monoisotopic (exact) mass is 272 g/mol. The van der Waals surface area contributed by atoms with E-state index in [0.717, 1.165) is 5.56 Å². The van der Waals surface area contributed by atoms with Crippen molar-refractivity contribution in [3.63, 3.8) is 0 Å². The van der Waals surface area contributed by atoms with E-state index in [1.165, 1.54) is 18.2 Å². The van der Waals surface area contributed by atoms with E-state index in [2.05, 4.69) is 0 Å². The van der Waals surface area contributed by atoms with Crippen molar-refractivity contribution >= 4 is 17.3 Å². The lowest BCUT2D eigenvalue weighted by atomic mass is 10.2. The maximum absolute atomic E-state index is 11.8. The lowest BCUT2D eigenvalue weighted by Crippen LogP contribution is -2.06. The Labute approximate surface area is 114 Å². The van der Waals surface area contributed by atoms with Gasteiger partial charge in [0.2, 0.25) is 0 Å². The number of rotatable bonds is 4. The minimum absolute atomic E-state index is 0.0656. The molecule has 0 amide bonds. The summed E-state index contributed by atoms with van der Waals surface area (Å²) >= 11 is 0. The molecule has 0 radical (unpaired) electrons. The number of nitrogens with zero attached hydrogens (tertiary/aromatic N) is 1. The van der Waals surface area contributed by atoms with Gasteiger partial charge in [0.25, 0.3) is 5.69 Å². The fourth-order valence-corrected chi connectivity index (χ4v) is 1.65. The van der Waals surface area contributed by atoms with Gasteiger partial charge in [0.15, 0.2) is 0 Å². The number of hydrogen-bond acceptors (Lipinski definition) is 5. The fourth-order valence-electron chi connectivity index (χ4n) is 1.65. The van der Waals surface area contributed by atoms with Gasteiger partial charge in [-0.05, 0) is 17.7 Å². The Morgan fingerprint density at radius 2 is 1.90 bits per heavy atom. The average molecular weight is 272 g/mol. The molecular weight excluding hydrogens is 260 g/mol. The number of nitrogen functional groups attached to an aromatic ring is 1. The average Bonchev–Trinajstić information content (AvgIpc) is 2.45. The molecule has 0 spiro atoms. The van der Waals surface area contributed by atoms with Crippen LogP contribution in [-0.2, 0) is 11.3 Å². The predicted molar refractivity (Wildman–Crippen MR) is 73.1 cm³/mol. The molecule has 102 valence electrons. The molecule has 0 aliphatic heterocycles. The fraction of sp³-hybridized carbons (Fsp3) is 0.0714. The summed E-state index contributed by atoms with van der Waals surface area (Å²) in [7, 11) is 0. The van der Waals surface area contributed by atoms with Crippen LogP contribution in [0.15, 0.2) is 48.5 Å². The zero-order valence-corrected chi connectivity index (χ0v) is 10.5. The van der Waals surface area contributed by atoms with Gasteiger partial charge in [0, 0.05) is 6.07 Å². The maximum atomic E-state index is 11.8. The molecule has 2 rings (SSSR count). The van der Waals surface area contributed by atoms with Crippen molar-refractivity contribution in [3.05, 3.63) is 69.8 Å². The molecule has 2 N–H and O–H groups in total. The summed E-state index contributed by atoms with van der Waals surface area (Å²) in [4.78, 5) is 21.8. The number of benzene rings is 2. The van der Waals surface area contributed by atoms with Crippen molar-refractivity contribution < 1.29 is 14.5 Å². The Morgan fingerprint density at radius 3 is 2.50 bits per heavy atom. The van der Waals surface area contributed by atoms with E-state index in [1.807, 2.05) is 30.3 Å². The molecule has 6 heteroatoms. The number of nitro benzene ring substituents is 1. The summed E-state index contributed by atoms with van der Waals surface area (Å²) < 4.78 is 5.11. The molecule has 0 aliphatic carbocycles. The minimum Gasteiger partial charge on any atom is -0.457 e. The van der Waals surface area contributed by atoms with E-state index in [9.17, 15) is 14.9 Å². The number of ether oxygens (including phenoxy) is 1. The van der Waals surface area contributed by atoms with Crippen LogP contribution < -0.4 is 5.73 Å². The van der Waals surface area contributed by atoms with E-state index in [0.29, 0.717) is 0 Å². The summed E-state index contributed by atoms with van der Waals surface area (Å²) in [5.74, 6) is -0.574. The molecular formula is C14H12N2O4. The highest BCUT2D eigenvalue weighted by molar-refractivity contribution is 5.91. The van der Waals surface area contributed by atoms with Crippen LogP contribution in [0, 0.1) is 10.1 Å². The predicted octanol–water partition coefficient (Wildman–Crippen LogP) is 2.53. The van der Waals surface area contributed by atoms with Gasteiger partial charge in [-0.15, -0.1) is 0 Å². The van der Waals surface area contributed by atoms with Gasteiger partial charge < -0.3 is 10.5 Å². The van der Waals surface area contributed by atoms with Crippen LogP contribution in [-0.4, -0.2) is 10.9 Å². The van der Waals surface area contributed by atoms with Crippen molar-refractivity contribution in [1.82, 2.24) is 0 Å². The van der Waals surface area contributed by atoms with E-state index >= 15 is 0 Å². The van der Waals surface area contributed by atoms with Gasteiger partial charge in [-0.3, -0.25) is 10.1 Å². The Bertz CT molecular complexity index is 641. The van der Waals surface area contributed by atoms with Gasteiger partial charge in [0.1, 0.15) is 12.3 Å². The standard InChI is InChI=1S/C14H12N2O4/c15-12-8-11(6-7-13(12)16(18)19)14(17)20-9-10-4-2-1-3-5-10/h1-8H,9,15H2. The zero-order valence-electron chi connectivity index (χ0n) is 10.5. The van der Waals surface area contributed by atoms with Gasteiger partial charge in [-0.1, -0.05) is 30.3 Å². The van der Waals surface area contributed by atoms with Crippen molar-refractivity contribution in [3.8, 4) is 0 Å². The molecule has 0 bridgehead atoms. The van der Waals surface area contributed by atoms with Crippen molar-refractivity contribution in [2.24, 2.45) is 0 Å². The first kappa shape index (κ1) is 13.5. The number of esters is 1. The first-order valence-electron chi connectivity index (χ1n) is 5.83. The number of nitrogens with two attached hydrogens (primary N) is 1. The molecule has 0 saturated carbocycles. The minimum atomic E-state index is -0.603. The second-order valence-corrected chi connectivity index (χ2v) is 4.09. The normalized spacial score (nSPS) is 10.0.